The van der Waals surface area contributed by atoms with Crippen LogP contribution in [0.4, 0.5) is 0 Å². The van der Waals surface area contributed by atoms with Crippen molar-refractivity contribution in [3.05, 3.63) is 0 Å². The Morgan fingerprint density at radius 3 is 2.12 bits per heavy atom. The third-order valence-corrected chi connectivity index (χ3v) is 1.37. The van der Waals surface area contributed by atoms with Crippen LogP contribution in [0.1, 0.15) is 26.7 Å². The van der Waals surface area contributed by atoms with Crippen molar-refractivity contribution in [1.29, 1.82) is 0 Å². The van der Waals surface area contributed by atoms with Gasteiger partial charge in [-0.15, -0.1) is 0 Å². The van der Waals surface area contributed by atoms with Crippen LogP contribution < -0.4 is 5.32 Å². The molecule has 0 saturated carbocycles. The molecule has 47 valence electrons. The Bertz CT molecular complexity index is 59.5. The van der Waals surface area contributed by atoms with E-state index in [4.69, 9.17) is 0 Å². The first-order valence-electron chi connectivity index (χ1n) is 2.97. The molecule has 0 aromatic heterocycles. The molecule has 0 aliphatic heterocycles. The van der Waals surface area contributed by atoms with E-state index in [1.807, 2.05) is 0 Å². The Balaban J connectivity index is 3.20. The van der Waals surface area contributed by atoms with Crippen LogP contribution in [0.5, 0.6) is 0 Å². The number of hydrogen-bond donors (Lipinski definition) is 1. The molecule has 1 radical (unpaired) electrons. The highest BCUT2D eigenvalue weighted by Crippen LogP contribution is 1.93. The Morgan fingerprint density at radius 2 is 2.00 bits per heavy atom. The zero-order valence-electron chi connectivity index (χ0n) is 5.40. The number of hydrogen-bond acceptors (Lipinski definition) is 1. The molecule has 2 heteroatoms. The van der Waals surface area contributed by atoms with Gasteiger partial charge in [0.05, 0.1) is 0 Å². The molecule has 0 saturated heterocycles. The molecule has 0 bridgehead atoms. The summed E-state index contributed by atoms with van der Waals surface area (Å²) >= 11 is 4.50. The molecule has 0 aromatic carbocycles. The summed E-state index contributed by atoms with van der Waals surface area (Å²) in [5.41, 5.74) is 2.50. The topological polar surface area (TPSA) is 12.0 Å². The summed E-state index contributed by atoms with van der Waals surface area (Å²) in [6.45, 7) is 4.27. The zero-order chi connectivity index (χ0) is 6.41. The van der Waals surface area contributed by atoms with Crippen molar-refractivity contribution in [2.45, 2.75) is 32.7 Å². The van der Waals surface area contributed by atoms with Gasteiger partial charge < -0.3 is 5.32 Å². The Hall–Kier alpha value is -0.110. The van der Waals surface area contributed by atoms with Gasteiger partial charge in [-0.2, -0.15) is 0 Å². The Morgan fingerprint density at radius 1 is 1.50 bits per heavy atom. The van der Waals surface area contributed by atoms with E-state index in [1.54, 1.807) is 0 Å². The lowest BCUT2D eigenvalue weighted by Gasteiger charge is -2.09. The largest absolute Gasteiger partial charge is 0.371 e. The van der Waals surface area contributed by atoms with Gasteiger partial charge in [0.25, 0.3) is 0 Å². The van der Waals surface area contributed by atoms with E-state index in [0.29, 0.717) is 6.04 Å². The van der Waals surface area contributed by atoms with Gasteiger partial charge in [-0.1, -0.05) is 26.1 Å². The molecule has 1 nitrogen and oxygen atoms in total. The molecule has 0 amide bonds. The van der Waals surface area contributed by atoms with Crippen molar-refractivity contribution >= 4 is 17.7 Å². The van der Waals surface area contributed by atoms with Crippen molar-refractivity contribution in [2.24, 2.45) is 0 Å². The fourth-order valence-corrected chi connectivity index (χ4v) is 0.743. The fraction of sp³-hybridized carbons (Fsp3) is 0.833. The Kier molecular flexibility index (Phi) is 4.97. The van der Waals surface area contributed by atoms with E-state index in [-0.39, 0.29) is 0 Å². The van der Waals surface area contributed by atoms with Crippen molar-refractivity contribution in [3.8, 4) is 0 Å². The van der Waals surface area contributed by atoms with E-state index in [0.717, 1.165) is 12.8 Å². The van der Waals surface area contributed by atoms with E-state index < -0.39 is 0 Å². The van der Waals surface area contributed by atoms with Gasteiger partial charge in [0.1, 0.15) is 5.49 Å². The molecule has 0 fully saturated rings. The zero-order valence-corrected chi connectivity index (χ0v) is 6.22. The van der Waals surface area contributed by atoms with Gasteiger partial charge in [-0.05, 0) is 12.8 Å². The third kappa shape index (κ3) is 2.97. The van der Waals surface area contributed by atoms with Gasteiger partial charge in [-0.3, -0.25) is 0 Å². The SMILES string of the molecule is CCC(CC)N[C]=S. The van der Waals surface area contributed by atoms with E-state index in [9.17, 15) is 0 Å². The molecule has 1 N–H and O–H groups in total. The van der Waals surface area contributed by atoms with Crippen molar-refractivity contribution in [1.82, 2.24) is 5.32 Å². The highest BCUT2D eigenvalue weighted by atomic mass is 32.1. The summed E-state index contributed by atoms with van der Waals surface area (Å²) in [7, 11) is 0. The first-order valence-corrected chi connectivity index (χ1v) is 3.38. The van der Waals surface area contributed by atoms with E-state index in [1.165, 1.54) is 0 Å². The average molecular weight is 130 g/mol. The van der Waals surface area contributed by atoms with Crippen LogP contribution in [-0.4, -0.2) is 11.5 Å². The lowest BCUT2D eigenvalue weighted by molar-refractivity contribution is 0.578. The maximum absolute atomic E-state index is 4.50. The van der Waals surface area contributed by atoms with E-state index in [2.05, 4.69) is 36.9 Å². The first kappa shape index (κ1) is 7.89. The second kappa shape index (κ2) is 5.04. The van der Waals surface area contributed by atoms with Gasteiger partial charge in [0.2, 0.25) is 0 Å². The third-order valence-electron chi connectivity index (χ3n) is 1.25. The van der Waals surface area contributed by atoms with E-state index >= 15 is 0 Å². The summed E-state index contributed by atoms with van der Waals surface area (Å²) in [6.07, 6.45) is 2.25. The second-order valence-electron chi connectivity index (χ2n) is 1.76. The lowest BCUT2D eigenvalue weighted by Crippen LogP contribution is -2.24. The van der Waals surface area contributed by atoms with Crippen molar-refractivity contribution in [3.63, 3.8) is 0 Å². The molecular formula is C6H12NS. The highest BCUT2D eigenvalue weighted by molar-refractivity contribution is 7.78. The fourth-order valence-electron chi connectivity index (χ4n) is 0.576. The molecular weight excluding hydrogens is 118 g/mol. The molecule has 0 rings (SSSR count). The minimum Gasteiger partial charge on any atom is -0.371 e. The Labute approximate surface area is 56.5 Å². The van der Waals surface area contributed by atoms with Gasteiger partial charge >= 0.3 is 0 Å². The molecule has 0 aromatic rings. The maximum atomic E-state index is 4.50. The van der Waals surface area contributed by atoms with Crippen LogP contribution in [0.3, 0.4) is 0 Å². The van der Waals surface area contributed by atoms with Gasteiger partial charge in [0.15, 0.2) is 0 Å². The number of nitrogens with one attached hydrogen (secondary N) is 1. The number of rotatable bonds is 4. The van der Waals surface area contributed by atoms with Gasteiger partial charge in [0, 0.05) is 6.04 Å². The molecule has 8 heavy (non-hydrogen) atoms. The normalized spacial score (nSPS) is 9.38. The smallest absolute Gasteiger partial charge is 0.134 e. The summed E-state index contributed by atoms with van der Waals surface area (Å²) in [5, 5.41) is 2.95. The van der Waals surface area contributed by atoms with Crippen LogP contribution in [0.25, 0.3) is 0 Å². The molecule has 0 aliphatic rings. The summed E-state index contributed by atoms with van der Waals surface area (Å²) < 4.78 is 0. The van der Waals surface area contributed by atoms with Crippen LogP contribution in [0.2, 0.25) is 0 Å². The van der Waals surface area contributed by atoms with Crippen LogP contribution >= 0.6 is 12.2 Å². The maximum Gasteiger partial charge on any atom is 0.134 e. The van der Waals surface area contributed by atoms with Crippen LogP contribution in [0.15, 0.2) is 0 Å². The number of thiocarbonyl (C=S) groups is 1. The monoisotopic (exact) mass is 130 g/mol. The van der Waals surface area contributed by atoms with Gasteiger partial charge in [-0.25, -0.2) is 0 Å². The first-order chi connectivity index (χ1) is 3.85. The molecule has 0 atom stereocenters. The summed E-state index contributed by atoms with van der Waals surface area (Å²) in [6, 6.07) is 0.535. The quantitative estimate of drug-likeness (QED) is 0.458. The molecule has 0 unspecified atom stereocenters. The van der Waals surface area contributed by atoms with Crippen molar-refractivity contribution in [2.75, 3.05) is 0 Å². The average Bonchev–Trinajstić information content (AvgIpc) is 1.83. The van der Waals surface area contributed by atoms with Crippen LogP contribution in [0, 0.1) is 0 Å². The van der Waals surface area contributed by atoms with Crippen molar-refractivity contribution < 1.29 is 0 Å². The lowest BCUT2D eigenvalue weighted by atomic mass is 10.2. The standard InChI is InChI=1S/C6H12NS/c1-3-6(4-2)7-5-8/h6H,3-4H2,1-2H3,(H,7,8). The molecule has 0 spiro atoms. The summed E-state index contributed by atoms with van der Waals surface area (Å²) in [4.78, 5) is 0. The predicted octanol–water partition coefficient (Wildman–Crippen LogP) is 1.60. The van der Waals surface area contributed by atoms with Crippen LogP contribution in [-0.2, 0) is 0 Å². The second-order valence-corrected chi connectivity index (χ2v) is 1.96. The minimum absolute atomic E-state index is 0.535. The predicted molar refractivity (Wildman–Crippen MR) is 40.1 cm³/mol. The summed E-state index contributed by atoms with van der Waals surface area (Å²) in [5.74, 6) is 0. The highest BCUT2D eigenvalue weighted by Gasteiger charge is 1.96. The molecule has 0 heterocycles. The minimum atomic E-state index is 0.535. The molecule has 0 aliphatic carbocycles.